The molecule has 0 bridgehead atoms. The molecule has 0 aliphatic carbocycles. The molecule has 0 spiro atoms. The van der Waals surface area contributed by atoms with E-state index in [1.807, 2.05) is 18.2 Å². The van der Waals surface area contributed by atoms with Crippen LogP contribution in [0.4, 0.5) is 5.95 Å². The quantitative estimate of drug-likeness (QED) is 0.720. The van der Waals surface area contributed by atoms with Crippen LogP contribution in [0.3, 0.4) is 0 Å². The maximum absolute atomic E-state index is 12.2. The van der Waals surface area contributed by atoms with E-state index in [9.17, 15) is 9.59 Å². The fraction of sp³-hybridized carbons (Fsp3) is 0.444. The van der Waals surface area contributed by atoms with Crippen LogP contribution in [0.15, 0.2) is 34.0 Å². The lowest BCUT2D eigenvalue weighted by atomic mass is 10.1. The van der Waals surface area contributed by atoms with E-state index in [2.05, 4.69) is 19.9 Å². The number of aromatic amines is 1. The number of aryl methyl sites for hydroxylation is 2. The molecule has 1 aliphatic rings. The largest absolute Gasteiger partial charge is 0.370 e. The highest BCUT2D eigenvalue weighted by Crippen LogP contribution is 2.23. The minimum atomic E-state index is -0.465. The zero-order valence-electron chi connectivity index (χ0n) is 15.4. The Morgan fingerprint density at radius 1 is 1.26 bits per heavy atom. The molecule has 1 N–H and O–H groups in total. The van der Waals surface area contributed by atoms with E-state index in [1.54, 1.807) is 24.9 Å². The molecular formula is C18H22N6O3. The molecule has 27 heavy (non-hydrogen) atoms. The summed E-state index contributed by atoms with van der Waals surface area (Å²) in [6, 6.07) is 5.77. The number of nitrogens with one attached hydrogen (secondary N) is 1. The highest BCUT2D eigenvalue weighted by Gasteiger charge is 2.25. The first-order valence-electron chi connectivity index (χ1n) is 8.97. The second kappa shape index (κ2) is 6.99. The third-order valence-electron chi connectivity index (χ3n) is 4.97. The van der Waals surface area contributed by atoms with E-state index in [0.29, 0.717) is 30.3 Å². The predicted molar refractivity (Wildman–Crippen MR) is 101 cm³/mol. The summed E-state index contributed by atoms with van der Waals surface area (Å²) >= 11 is 0. The molecule has 3 aromatic rings. The number of hydrogen-bond donors (Lipinski definition) is 1. The number of nitrogens with zero attached hydrogens (tertiary/aromatic N) is 5. The molecule has 4 rings (SSSR count). The monoisotopic (exact) mass is 370 g/mol. The third-order valence-corrected chi connectivity index (χ3v) is 4.97. The van der Waals surface area contributed by atoms with Gasteiger partial charge in [0.05, 0.1) is 18.4 Å². The van der Waals surface area contributed by atoms with Gasteiger partial charge in [-0.3, -0.25) is 19.3 Å². The van der Waals surface area contributed by atoms with Crippen molar-refractivity contribution in [1.29, 1.82) is 0 Å². The van der Waals surface area contributed by atoms with E-state index >= 15 is 0 Å². The van der Waals surface area contributed by atoms with Gasteiger partial charge in [-0.25, -0.2) is 4.79 Å². The number of anilines is 1. The fourth-order valence-corrected chi connectivity index (χ4v) is 3.52. The summed E-state index contributed by atoms with van der Waals surface area (Å²) in [5.41, 5.74) is 0.793. The van der Waals surface area contributed by atoms with Crippen LogP contribution in [0.5, 0.6) is 0 Å². The standard InChI is InChI=1S/C18H22N6O3/c1-22-14-15(23(2)18(26)21-16(14)25)20-17(22)24-9-5-7-13(10-24)27-11-12-6-3-4-8-19-12/h3-4,6,8,13H,5,7,9-11H2,1-2H3,(H,21,25,26). The van der Waals surface area contributed by atoms with Crippen molar-refractivity contribution in [1.82, 2.24) is 24.1 Å². The number of fused-ring (bicyclic) bond motifs is 1. The summed E-state index contributed by atoms with van der Waals surface area (Å²) in [6.07, 6.45) is 3.74. The average molecular weight is 370 g/mol. The van der Waals surface area contributed by atoms with Crippen molar-refractivity contribution >= 4 is 17.1 Å². The summed E-state index contributed by atoms with van der Waals surface area (Å²) < 4.78 is 9.14. The third kappa shape index (κ3) is 3.25. The Morgan fingerprint density at radius 3 is 2.89 bits per heavy atom. The number of imidazole rings is 1. The maximum Gasteiger partial charge on any atom is 0.329 e. The molecule has 1 aliphatic heterocycles. The first-order chi connectivity index (χ1) is 13.0. The van der Waals surface area contributed by atoms with Crippen molar-refractivity contribution in [3.05, 3.63) is 50.9 Å². The van der Waals surface area contributed by atoms with Crippen LogP contribution in [0.1, 0.15) is 18.5 Å². The second-order valence-corrected chi connectivity index (χ2v) is 6.80. The smallest absolute Gasteiger partial charge is 0.329 e. The van der Waals surface area contributed by atoms with Gasteiger partial charge in [0.15, 0.2) is 11.2 Å². The van der Waals surface area contributed by atoms with Crippen LogP contribution in [0.2, 0.25) is 0 Å². The minimum Gasteiger partial charge on any atom is -0.370 e. The van der Waals surface area contributed by atoms with Crippen LogP contribution >= 0.6 is 0 Å². The van der Waals surface area contributed by atoms with E-state index in [4.69, 9.17) is 4.74 Å². The molecule has 0 saturated carbocycles. The molecule has 1 atom stereocenters. The van der Waals surface area contributed by atoms with E-state index < -0.39 is 11.2 Å². The molecule has 0 aromatic carbocycles. The van der Waals surface area contributed by atoms with Crippen LogP contribution in [-0.4, -0.2) is 43.3 Å². The van der Waals surface area contributed by atoms with E-state index in [-0.39, 0.29) is 6.10 Å². The second-order valence-electron chi connectivity index (χ2n) is 6.80. The average Bonchev–Trinajstić information content (AvgIpc) is 3.04. The summed E-state index contributed by atoms with van der Waals surface area (Å²) in [6.45, 7) is 1.97. The van der Waals surface area contributed by atoms with Crippen molar-refractivity contribution in [2.24, 2.45) is 14.1 Å². The van der Waals surface area contributed by atoms with Gasteiger partial charge >= 0.3 is 5.69 Å². The number of piperidine rings is 1. The zero-order valence-corrected chi connectivity index (χ0v) is 15.4. The highest BCUT2D eigenvalue weighted by atomic mass is 16.5. The lowest BCUT2D eigenvalue weighted by molar-refractivity contribution is 0.0295. The molecule has 4 heterocycles. The number of hydrogen-bond acceptors (Lipinski definition) is 6. The number of H-pyrrole nitrogens is 1. The molecular weight excluding hydrogens is 348 g/mol. The van der Waals surface area contributed by atoms with Gasteiger partial charge in [-0.15, -0.1) is 0 Å². The van der Waals surface area contributed by atoms with Crippen molar-refractivity contribution in [3.8, 4) is 0 Å². The van der Waals surface area contributed by atoms with Gasteiger partial charge in [0.1, 0.15) is 0 Å². The van der Waals surface area contributed by atoms with Crippen molar-refractivity contribution in [2.75, 3.05) is 18.0 Å². The number of aromatic nitrogens is 5. The Bertz CT molecular complexity index is 1070. The van der Waals surface area contributed by atoms with Crippen LogP contribution in [-0.2, 0) is 25.4 Å². The van der Waals surface area contributed by atoms with Gasteiger partial charge in [0.25, 0.3) is 5.56 Å². The molecule has 1 fully saturated rings. The van der Waals surface area contributed by atoms with Crippen LogP contribution < -0.4 is 16.1 Å². The van der Waals surface area contributed by atoms with Gasteiger partial charge in [-0.2, -0.15) is 4.98 Å². The number of ether oxygens (including phenoxy) is 1. The maximum atomic E-state index is 12.2. The van der Waals surface area contributed by atoms with Gasteiger partial charge < -0.3 is 14.2 Å². The summed E-state index contributed by atoms with van der Waals surface area (Å²) in [5, 5.41) is 0. The number of rotatable bonds is 4. The van der Waals surface area contributed by atoms with Gasteiger partial charge in [-0.05, 0) is 25.0 Å². The molecule has 1 saturated heterocycles. The topological polar surface area (TPSA) is 98.0 Å². The van der Waals surface area contributed by atoms with Gasteiger partial charge in [0.2, 0.25) is 5.95 Å². The first-order valence-corrected chi connectivity index (χ1v) is 8.97. The van der Waals surface area contributed by atoms with E-state index in [0.717, 1.165) is 25.1 Å². The van der Waals surface area contributed by atoms with Gasteiger partial charge in [0, 0.05) is 33.4 Å². The molecule has 142 valence electrons. The lowest BCUT2D eigenvalue weighted by Gasteiger charge is -2.33. The normalized spacial score (nSPS) is 17.6. The number of pyridine rings is 1. The fourth-order valence-electron chi connectivity index (χ4n) is 3.52. The Kier molecular flexibility index (Phi) is 4.53. The van der Waals surface area contributed by atoms with Crippen molar-refractivity contribution in [3.63, 3.8) is 0 Å². The van der Waals surface area contributed by atoms with Gasteiger partial charge in [-0.1, -0.05) is 6.07 Å². The summed E-state index contributed by atoms with van der Waals surface area (Å²) in [5.74, 6) is 0.669. The molecule has 9 heteroatoms. The zero-order chi connectivity index (χ0) is 19.0. The Balaban J connectivity index is 1.57. The Hall–Kier alpha value is -2.94. The van der Waals surface area contributed by atoms with Crippen molar-refractivity contribution in [2.45, 2.75) is 25.6 Å². The molecule has 0 amide bonds. The lowest BCUT2D eigenvalue weighted by Crippen LogP contribution is -2.41. The highest BCUT2D eigenvalue weighted by molar-refractivity contribution is 5.74. The van der Waals surface area contributed by atoms with E-state index in [1.165, 1.54) is 4.57 Å². The van der Waals surface area contributed by atoms with Crippen molar-refractivity contribution < 1.29 is 4.74 Å². The first kappa shape index (κ1) is 17.5. The Labute approximate surface area is 155 Å². The summed E-state index contributed by atoms with van der Waals surface area (Å²) in [4.78, 5) is 37.3. The SMILES string of the molecule is Cn1c(N2CCCC(OCc3ccccn3)C2)nc2c1c(=O)[nH]c(=O)n2C. The molecule has 0 radical (unpaired) electrons. The van der Waals surface area contributed by atoms with Crippen LogP contribution in [0, 0.1) is 0 Å². The molecule has 3 aromatic heterocycles. The molecule has 1 unspecified atom stereocenters. The molecule has 9 nitrogen and oxygen atoms in total. The Morgan fingerprint density at radius 2 is 2.11 bits per heavy atom. The van der Waals surface area contributed by atoms with Crippen LogP contribution in [0.25, 0.3) is 11.2 Å². The summed E-state index contributed by atoms with van der Waals surface area (Å²) in [7, 11) is 3.40. The predicted octanol–water partition coefficient (Wildman–Crippen LogP) is 0.541. The minimum absolute atomic E-state index is 0.0580.